The molecule has 32 heavy (non-hydrogen) atoms. The molecule has 0 atom stereocenters. The zero-order chi connectivity index (χ0) is 22.2. The molecule has 166 valence electrons. The summed E-state index contributed by atoms with van der Waals surface area (Å²) in [5.41, 5.74) is 2.74. The fourth-order valence-electron chi connectivity index (χ4n) is 4.15. The number of aryl methyl sites for hydroxylation is 3. The summed E-state index contributed by atoms with van der Waals surface area (Å²) in [6, 6.07) is 7.32. The Kier molecular flexibility index (Phi) is 5.17. The van der Waals surface area contributed by atoms with Crippen LogP contribution in [-0.2, 0) is 6.54 Å². The van der Waals surface area contributed by atoms with E-state index in [-0.39, 0.29) is 5.56 Å². The first-order chi connectivity index (χ1) is 15.5. The Morgan fingerprint density at radius 3 is 2.50 bits per heavy atom. The Bertz CT molecular complexity index is 1310. The first-order valence-corrected chi connectivity index (χ1v) is 10.7. The van der Waals surface area contributed by atoms with Gasteiger partial charge in [-0.15, -0.1) is 5.10 Å². The first-order valence-electron chi connectivity index (χ1n) is 10.7. The van der Waals surface area contributed by atoms with Crippen molar-refractivity contribution in [3.05, 3.63) is 58.0 Å². The van der Waals surface area contributed by atoms with Crippen molar-refractivity contribution in [2.75, 3.05) is 37.6 Å². The van der Waals surface area contributed by atoms with E-state index in [1.807, 2.05) is 32.9 Å². The predicted octanol–water partition coefficient (Wildman–Crippen LogP) is 0.614. The maximum Gasteiger partial charge on any atom is 0.266 e. The van der Waals surface area contributed by atoms with Gasteiger partial charge in [0.25, 0.3) is 11.3 Å². The van der Waals surface area contributed by atoms with Crippen LogP contribution >= 0.6 is 0 Å². The summed E-state index contributed by atoms with van der Waals surface area (Å²) < 4.78 is 5.09. The highest BCUT2D eigenvalue weighted by Gasteiger charge is 2.20. The molecule has 5 rings (SSSR count). The lowest BCUT2D eigenvalue weighted by atomic mass is 10.3. The monoisotopic (exact) mass is 434 g/mol. The zero-order valence-corrected chi connectivity index (χ0v) is 18.5. The number of hydrogen-bond donors (Lipinski definition) is 0. The maximum atomic E-state index is 12.4. The van der Waals surface area contributed by atoms with E-state index >= 15 is 0 Å². The van der Waals surface area contributed by atoms with Crippen molar-refractivity contribution in [2.24, 2.45) is 0 Å². The predicted molar refractivity (Wildman–Crippen MR) is 119 cm³/mol. The first kappa shape index (κ1) is 20.3. The largest absolute Gasteiger partial charge is 0.354 e. The van der Waals surface area contributed by atoms with Gasteiger partial charge in [0.2, 0.25) is 0 Å². The van der Waals surface area contributed by atoms with E-state index in [2.05, 4.69) is 35.1 Å². The van der Waals surface area contributed by atoms with Gasteiger partial charge < -0.3 is 4.90 Å². The highest BCUT2D eigenvalue weighted by molar-refractivity contribution is 5.47. The molecule has 0 spiro atoms. The summed E-state index contributed by atoms with van der Waals surface area (Å²) in [4.78, 5) is 25.7. The van der Waals surface area contributed by atoms with Gasteiger partial charge in [0.1, 0.15) is 12.1 Å². The summed E-state index contributed by atoms with van der Waals surface area (Å²) in [6.07, 6.45) is 1.53. The van der Waals surface area contributed by atoms with Crippen molar-refractivity contribution in [3.63, 3.8) is 0 Å². The Morgan fingerprint density at radius 2 is 1.75 bits per heavy atom. The van der Waals surface area contributed by atoms with E-state index in [9.17, 15) is 4.79 Å². The topological polar surface area (TPSA) is 102 Å². The number of aromatic nitrogens is 8. The Hall–Kier alpha value is -3.60. The molecule has 0 N–H and O–H groups in total. The summed E-state index contributed by atoms with van der Waals surface area (Å²) in [5, 5.41) is 13.3. The summed E-state index contributed by atoms with van der Waals surface area (Å²) >= 11 is 0. The molecule has 0 saturated carbocycles. The molecular formula is C21H26N10O. The van der Waals surface area contributed by atoms with Crippen molar-refractivity contribution in [1.29, 1.82) is 0 Å². The van der Waals surface area contributed by atoms with Gasteiger partial charge in [0.15, 0.2) is 5.82 Å². The molecular weight excluding hydrogens is 408 g/mol. The zero-order valence-electron chi connectivity index (χ0n) is 18.5. The molecule has 4 aromatic rings. The van der Waals surface area contributed by atoms with Crippen LogP contribution in [0.4, 0.5) is 5.82 Å². The number of nitrogens with zero attached hydrogens (tertiary/aromatic N) is 10. The summed E-state index contributed by atoms with van der Waals surface area (Å²) in [6.45, 7) is 10.7. The lowest BCUT2D eigenvalue weighted by Gasteiger charge is -2.35. The smallest absolute Gasteiger partial charge is 0.266 e. The third-order valence-electron chi connectivity index (χ3n) is 5.76. The average Bonchev–Trinajstić information content (AvgIpc) is 3.38. The van der Waals surface area contributed by atoms with E-state index < -0.39 is 0 Å². The Labute approximate surface area is 184 Å². The summed E-state index contributed by atoms with van der Waals surface area (Å²) in [5.74, 6) is 2.29. The van der Waals surface area contributed by atoms with Gasteiger partial charge in [-0.25, -0.2) is 14.3 Å². The van der Waals surface area contributed by atoms with Gasteiger partial charge in [0, 0.05) is 56.2 Å². The minimum Gasteiger partial charge on any atom is -0.354 e. The van der Waals surface area contributed by atoms with Crippen molar-refractivity contribution in [3.8, 4) is 5.82 Å². The Balaban J connectivity index is 1.24. The fourth-order valence-corrected chi connectivity index (χ4v) is 4.15. The molecule has 1 fully saturated rings. The standard InChI is InChI=1S/C21H26N10O/c1-15-13-19(31-21(24-15)22-14-23-31)28-9-6-27(7-10-28)8-11-29-20(32)5-4-18(26-29)30-17(3)12-16(2)25-30/h4-5,12-14H,6-11H2,1-3H3. The molecule has 11 nitrogen and oxygen atoms in total. The van der Waals surface area contributed by atoms with Crippen LogP contribution < -0.4 is 10.5 Å². The van der Waals surface area contributed by atoms with Crippen LogP contribution in [0.1, 0.15) is 17.1 Å². The van der Waals surface area contributed by atoms with E-state index in [1.165, 1.54) is 11.0 Å². The molecule has 1 aliphatic heterocycles. The molecule has 1 saturated heterocycles. The highest BCUT2D eigenvalue weighted by atomic mass is 16.1. The molecule has 0 aromatic carbocycles. The van der Waals surface area contributed by atoms with Crippen LogP contribution in [0.3, 0.4) is 0 Å². The molecule has 5 heterocycles. The highest BCUT2D eigenvalue weighted by Crippen LogP contribution is 2.18. The lowest BCUT2D eigenvalue weighted by molar-refractivity contribution is 0.242. The maximum absolute atomic E-state index is 12.4. The molecule has 0 bridgehead atoms. The number of anilines is 1. The van der Waals surface area contributed by atoms with E-state index in [0.717, 1.165) is 55.6 Å². The average molecular weight is 435 g/mol. The minimum absolute atomic E-state index is 0.102. The molecule has 4 aromatic heterocycles. The van der Waals surface area contributed by atoms with Gasteiger partial charge in [-0.2, -0.15) is 19.7 Å². The summed E-state index contributed by atoms with van der Waals surface area (Å²) in [7, 11) is 0. The van der Waals surface area contributed by atoms with Crippen LogP contribution in [0.5, 0.6) is 0 Å². The SMILES string of the molecule is Cc1cc(N2CCN(CCn3nc(-n4nc(C)cc4C)ccc3=O)CC2)n2ncnc2n1. The van der Waals surface area contributed by atoms with Crippen LogP contribution in [0.15, 0.2) is 35.4 Å². The van der Waals surface area contributed by atoms with Crippen molar-refractivity contribution < 1.29 is 0 Å². The molecule has 11 heteroatoms. The molecule has 1 aliphatic rings. The minimum atomic E-state index is -0.102. The Morgan fingerprint density at radius 1 is 0.938 bits per heavy atom. The van der Waals surface area contributed by atoms with Gasteiger partial charge in [-0.05, 0) is 32.9 Å². The van der Waals surface area contributed by atoms with Crippen LogP contribution in [0.25, 0.3) is 11.6 Å². The van der Waals surface area contributed by atoms with Crippen molar-refractivity contribution >= 4 is 11.6 Å². The third-order valence-corrected chi connectivity index (χ3v) is 5.76. The normalized spacial score (nSPS) is 15.0. The second-order valence-corrected chi connectivity index (χ2v) is 8.15. The number of piperazine rings is 1. The quantitative estimate of drug-likeness (QED) is 0.450. The van der Waals surface area contributed by atoms with Gasteiger partial charge in [0.05, 0.1) is 12.2 Å². The number of rotatable bonds is 5. The van der Waals surface area contributed by atoms with Gasteiger partial charge in [-0.1, -0.05) is 0 Å². The van der Waals surface area contributed by atoms with Crippen LogP contribution in [0, 0.1) is 20.8 Å². The van der Waals surface area contributed by atoms with Gasteiger partial charge in [-0.3, -0.25) is 9.69 Å². The molecule has 0 radical (unpaired) electrons. The van der Waals surface area contributed by atoms with Crippen LogP contribution in [-0.4, -0.2) is 76.8 Å². The van der Waals surface area contributed by atoms with E-state index in [4.69, 9.17) is 0 Å². The second-order valence-electron chi connectivity index (χ2n) is 8.15. The van der Waals surface area contributed by atoms with Crippen molar-refractivity contribution in [2.45, 2.75) is 27.3 Å². The van der Waals surface area contributed by atoms with E-state index in [0.29, 0.717) is 18.1 Å². The van der Waals surface area contributed by atoms with Gasteiger partial charge >= 0.3 is 0 Å². The molecule has 0 aliphatic carbocycles. The molecule has 0 unspecified atom stereocenters. The fraction of sp³-hybridized carbons (Fsp3) is 0.429. The number of fused-ring (bicyclic) bond motifs is 1. The molecule has 0 amide bonds. The van der Waals surface area contributed by atoms with Crippen molar-refractivity contribution in [1.82, 2.24) is 44.0 Å². The lowest BCUT2D eigenvalue weighted by Crippen LogP contribution is -2.48. The van der Waals surface area contributed by atoms with E-state index in [1.54, 1.807) is 21.3 Å². The number of hydrogen-bond acceptors (Lipinski definition) is 8. The van der Waals surface area contributed by atoms with Crippen LogP contribution in [0.2, 0.25) is 0 Å². The third kappa shape index (κ3) is 3.86. The second kappa shape index (κ2) is 8.15.